The van der Waals surface area contributed by atoms with Crippen LogP contribution in [0.15, 0.2) is 0 Å². The molecule has 7 heteroatoms. The Bertz CT molecular complexity index is 301. The number of nitrogens with zero attached hydrogens (tertiary/aromatic N) is 1. The van der Waals surface area contributed by atoms with E-state index in [0.29, 0.717) is 11.6 Å². The maximum atomic E-state index is 11.0. The van der Waals surface area contributed by atoms with Crippen LogP contribution in [0.4, 0.5) is 4.79 Å². The largest absolute Gasteiger partial charge is 0.453 e. The number of hydrogen-bond donors (Lipinski definition) is 2. The number of likely N-dealkylation sites (tertiary alicyclic amines) is 1. The third-order valence-corrected chi connectivity index (χ3v) is 3.29. The number of nitrogens with two attached hydrogens (primary N) is 1. The molecule has 1 heterocycles. The van der Waals surface area contributed by atoms with Crippen LogP contribution in [0.1, 0.15) is 13.3 Å². The van der Waals surface area contributed by atoms with Crippen molar-refractivity contribution in [2.45, 2.75) is 25.5 Å². The highest BCUT2D eigenvalue weighted by molar-refractivity contribution is 7.80. The Balaban J connectivity index is 2.15. The van der Waals surface area contributed by atoms with E-state index in [1.807, 2.05) is 6.92 Å². The van der Waals surface area contributed by atoms with E-state index >= 15 is 0 Å². The lowest BCUT2D eigenvalue weighted by molar-refractivity contribution is 0.0902. The maximum absolute atomic E-state index is 11.0. The highest BCUT2D eigenvalue weighted by Crippen LogP contribution is 2.08. The average molecular weight is 275 g/mol. The molecule has 0 aromatic rings. The number of carbonyl (C=O) groups excluding carboxylic acids is 1. The molecule has 0 aromatic carbocycles. The lowest BCUT2D eigenvalue weighted by Gasteiger charge is -2.18. The highest BCUT2D eigenvalue weighted by Gasteiger charge is 2.23. The summed E-state index contributed by atoms with van der Waals surface area (Å²) in [5.41, 5.74) is 5.45. The van der Waals surface area contributed by atoms with Gasteiger partial charge in [-0.2, -0.15) is 0 Å². The molecule has 3 N–H and O–H groups in total. The minimum atomic E-state index is -0.375. The van der Waals surface area contributed by atoms with Crippen LogP contribution in [0, 0.1) is 0 Å². The molecule has 2 atom stereocenters. The van der Waals surface area contributed by atoms with E-state index in [2.05, 4.69) is 15.0 Å². The molecular formula is C11H21N3O3S. The predicted molar refractivity (Wildman–Crippen MR) is 72.6 cm³/mol. The first kappa shape index (κ1) is 15.1. The Morgan fingerprint density at radius 2 is 2.39 bits per heavy atom. The Hall–Kier alpha value is -0.920. The summed E-state index contributed by atoms with van der Waals surface area (Å²) in [6.45, 7) is 5.00. The van der Waals surface area contributed by atoms with Gasteiger partial charge >= 0.3 is 6.09 Å². The van der Waals surface area contributed by atoms with E-state index in [9.17, 15) is 4.79 Å². The fourth-order valence-corrected chi connectivity index (χ4v) is 1.89. The Labute approximate surface area is 113 Å². The second-order valence-electron chi connectivity index (χ2n) is 4.34. The number of methoxy groups -OCH3 is 1. The summed E-state index contributed by atoms with van der Waals surface area (Å²) in [5, 5.41) is 2.79. The zero-order valence-corrected chi connectivity index (χ0v) is 11.7. The minimum absolute atomic E-state index is 0.158. The van der Waals surface area contributed by atoms with Gasteiger partial charge in [-0.25, -0.2) is 4.79 Å². The number of carbonyl (C=O) groups is 1. The van der Waals surface area contributed by atoms with Crippen LogP contribution >= 0.6 is 12.2 Å². The maximum Gasteiger partial charge on any atom is 0.407 e. The number of alkyl carbamates (subject to hydrolysis) is 1. The first-order valence-corrected chi connectivity index (χ1v) is 6.41. The second-order valence-corrected chi connectivity index (χ2v) is 4.81. The zero-order valence-electron chi connectivity index (χ0n) is 10.8. The quantitative estimate of drug-likeness (QED) is 0.670. The van der Waals surface area contributed by atoms with Gasteiger partial charge in [-0.15, -0.1) is 0 Å². The summed E-state index contributed by atoms with van der Waals surface area (Å²) >= 11 is 4.82. The smallest absolute Gasteiger partial charge is 0.407 e. The highest BCUT2D eigenvalue weighted by atomic mass is 32.1. The SMILES string of the molecule is COC(=O)NC1CCN(CCOC(C)C(N)=S)C1. The normalized spacial score (nSPS) is 21.6. The van der Waals surface area contributed by atoms with Crippen molar-refractivity contribution in [2.75, 3.05) is 33.4 Å². The molecule has 0 radical (unpaired) electrons. The van der Waals surface area contributed by atoms with Gasteiger partial charge in [-0.1, -0.05) is 12.2 Å². The molecule has 1 rings (SSSR count). The number of nitrogens with one attached hydrogen (secondary N) is 1. The van der Waals surface area contributed by atoms with Gasteiger partial charge in [0.15, 0.2) is 0 Å². The first-order valence-electron chi connectivity index (χ1n) is 6.00. The number of rotatable bonds is 6. The van der Waals surface area contributed by atoms with E-state index in [4.69, 9.17) is 22.7 Å². The van der Waals surface area contributed by atoms with Crippen molar-refractivity contribution >= 4 is 23.3 Å². The van der Waals surface area contributed by atoms with Crippen LogP contribution in [-0.4, -0.2) is 61.5 Å². The first-order chi connectivity index (χ1) is 8.52. The van der Waals surface area contributed by atoms with Crippen molar-refractivity contribution < 1.29 is 14.3 Å². The second kappa shape index (κ2) is 7.50. The molecule has 1 aliphatic heterocycles. The van der Waals surface area contributed by atoms with Gasteiger partial charge in [0.05, 0.1) is 13.7 Å². The molecule has 6 nitrogen and oxygen atoms in total. The molecule has 1 amide bonds. The summed E-state index contributed by atoms with van der Waals surface area (Å²) in [6, 6.07) is 0.158. The predicted octanol–water partition coefficient (Wildman–Crippen LogP) is 0.108. The summed E-state index contributed by atoms with van der Waals surface area (Å²) < 4.78 is 10.0. The Kier molecular flexibility index (Phi) is 6.31. The van der Waals surface area contributed by atoms with Crippen LogP contribution in [0.3, 0.4) is 0 Å². The van der Waals surface area contributed by atoms with E-state index < -0.39 is 0 Å². The van der Waals surface area contributed by atoms with Crippen LogP contribution in [0.25, 0.3) is 0 Å². The Morgan fingerprint density at radius 1 is 1.67 bits per heavy atom. The standard InChI is InChI=1S/C11H21N3O3S/c1-8(10(12)18)17-6-5-14-4-3-9(7-14)13-11(15)16-2/h8-9H,3-7H2,1-2H3,(H2,12,18)(H,13,15). The number of thiocarbonyl (C=S) groups is 1. The molecule has 1 saturated heterocycles. The molecule has 1 aliphatic rings. The molecule has 104 valence electrons. The molecule has 18 heavy (non-hydrogen) atoms. The molecule has 1 fully saturated rings. The molecule has 0 saturated carbocycles. The molecule has 0 spiro atoms. The fraction of sp³-hybridized carbons (Fsp3) is 0.818. The van der Waals surface area contributed by atoms with Crippen molar-refractivity contribution in [3.8, 4) is 0 Å². The third-order valence-electron chi connectivity index (χ3n) is 2.96. The van der Waals surface area contributed by atoms with Crippen molar-refractivity contribution in [3.05, 3.63) is 0 Å². The van der Waals surface area contributed by atoms with Gasteiger partial charge in [0.1, 0.15) is 11.1 Å². The van der Waals surface area contributed by atoms with Gasteiger partial charge in [-0.3, -0.25) is 4.90 Å². The van der Waals surface area contributed by atoms with Gasteiger partial charge in [0.2, 0.25) is 0 Å². The molecular weight excluding hydrogens is 254 g/mol. The van der Waals surface area contributed by atoms with Crippen molar-refractivity contribution in [2.24, 2.45) is 5.73 Å². The van der Waals surface area contributed by atoms with Gasteiger partial charge in [0.25, 0.3) is 0 Å². The van der Waals surface area contributed by atoms with E-state index in [1.165, 1.54) is 7.11 Å². The van der Waals surface area contributed by atoms with Gasteiger partial charge in [-0.05, 0) is 13.3 Å². The average Bonchev–Trinajstić information content (AvgIpc) is 2.76. The lowest BCUT2D eigenvalue weighted by atomic mass is 10.3. The number of hydrogen-bond acceptors (Lipinski definition) is 5. The zero-order chi connectivity index (χ0) is 13.5. The molecule has 0 bridgehead atoms. The van der Waals surface area contributed by atoms with Gasteiger partial charge in [0, 0.05) is 25.7 Å². The van der Waals surface area contributed by atoms with Crippen molar-refractivity contribution in [1.82, 2.24) is 10.2 Å². The summed E-state index contributed by atoms with van der Waals surface area (Å²) in [5.74, 6) is 0. The van der Waals surface area contributed by atoms with Crippen LogP contribution in [0.2, 0.25) is 0 Å². The van der Waals surface area contributed by atoms with Crippen LogP contribution in [-0.2, 0) is 9.47 Å². The van der Waals surface area contributed by atoms with Crippen molar-refractivity contribution in [3.63, 3.8) is 0 Å². The van der Waals surface area contributed by atoms with E-state index in [0.717, 1.165) is 26.1 Å². The van der Waals surface area contributed by atoms with Crippen LogP contribution < -0.4 is 11.1 Å². The summed E-state index contributed by atoms with van der Waals surface area (Å²) in [6.07, 6.45) is 0.367. The van der Waals surface area contributed by atoms with Crippen molar-refractivity contribution in [1.29, 1.82) is 0 Å². The molecule has 0 aromatic heterocycles. The number of amides is 1. The topological polar surface area (TPSA) is 76.8 Å². The Morgan fingerprint density at radius 3 is 3.00 bits per heavy atom. The van der Waals surface area contributed by atoms with Gasteiger partial charge < -0.3 is 20.5 Å². The summed E-state index contributed by atoms with van der Waals surface area (Å²) in [7, 11) is 1.37. The fourth-order valence-electron chi connectivity index (χ4n) is 1.82. The van der Waals surface area contributed by atoms with Crippen LogP contribution in [0.5, 0.6) is 0 Å². The summed E-state index contributed by atoms with van der Waals surface area (Å²) in [4.78, 5) is 13.7. The van der Waals surface area contributed by atoms with E-state index in [1.54, 1.807) is 0 Å². The number of ether oxygens (including phenoxy) is 2. The van der Waals surface area contributed by atoms with E-state index in [-0.39, 0.29) is 18.2 Å². The monoisotopic (exact) mass is 275 g/mol. The lowest BCUT2D eigenvalue weighted by Crippen LogP contribution is -2.38. The molecule has 2 unspecified atom stereocenters. The third kappa shape index (κ3) is 5.16. The minimum Gasteiger partial charge on any atom is -0.453 e. The molecule has 0 aliphatic carbocycles.